The summed E-state index contributed by atoms with van der Waals surface area (Å²) in [4.78, 5) is 37.1. The van der Waals surface area contributed by atoms with E-state index in [1.165, 1.54) is 4.57 Å². The highest BCUT2D eigenvalue weighted by molar-refractivity contribution is 6.02. The number of amides is 1. The first kappa shape index (κ1) is 17.6. The second-order valence-electron chi connectivity index (χ2n) is 6.14. The molecule has 0 saturated heterocycles. The molecule has 0 aliphatic heterocycles. The number of fused-ring (bicyclic) bond motifs is 2. The van der Waals surface area contributed by atoms with Gasteiger partial charge < -0.3 is 19.5 Å². The van der Waals surface area contributed by atoms with Crippen LogP contribution < -0.4 is 22.0 Å². The Hall–Kier alpha value is -3.81. The van der Waals surface area contributed by atoms with Gasteiger partial charge in [0, 0.05) is 11.9 Å². The van der Waals surface area contributed by atoms with Gasteiger partial charge in [0.1, 0.15) is 12.1 Å². The molecule has 4 rings (SSSR count). The second-order valence-corrected chi connectivity index (χ2v) is 6.14. The molecule has 0 aliphatic rings. The fourth-order valence-corrected chi connectivity index (χ4v) is 3.11. The number of rotatable bonds is 5. The molecule has 8 nitrogen and oxygen atoms in total. The van der Waals surface area contributed by atoms with Crippen molar-refractivity contribution in [3.8, 4) is 0 Å². The van der Waals surface area contributed by atoms with Gasteiger partial charge in [0.25, 0.3) is 0 Å². The maximum absolute atomic E-state index is 12.6. The number of carbonyl (C=O) groups excluding carboxylic acids is 1. The largest absolute Gasteiger partial charge is 0.421 e. The third kappa shape index (κ3) is 3.05. The normalized spacial score (nSPS) is 11.0. The number of nitrogens with zero attached hydrogens (tertiary/aromatic N) is 1. The molecule has 0 unspecified atom stereocenters. The standard InChI is InChI=1S/C20H17N3O5/c1-2-21-17-12-7-3-5-9-14(12)27-19(25)18(17)22-16(24)11-23-13-8-4-6-10-15(13)28-20(23)26/h3-10,21H,2,11H2,1H3,(H,22,24). The SMILES string of the molecule is CCNc1c(NC(=O)Cn2c(=O)oc3ccccc32)c(=O)oc2ccccc12. The molecule has 8 heteroatoms. The molecule has 2 aromatic carbocycles. The van der Waals surface area contributed by atoms with Crippen LogP contribution in [0, 0.1) is 0 Å². The summed E-state index contributed by atoms with van der Waals surface area (Å²) < 4.78 is 11.6. The Labute approximate surface area is 158 Å². The zero-order valence-electron chi connectivity index (χ0n) is 15.0. The third-order valence-electron chi connectivity index (χ3n) is 4.31. The van der Waals surface area contributed by atoms with Gasteiger partial charge in [-0.2, -0.15) is 0 Å². The van der Waals surface area contributed by atoms with E-state index in [9.17, 15) is 14.4 Å². The van der Waals surface area contributed by atoms with Crippen LogP contribution in [0.25, 0.3) is 22.1 Å². The van der Waals surface area contributed by atoms with Crippen LogP contribution in [0.2, 0.25) is 0 Å². The fraction of sp³-hybridized carbons (Fsp3) is 0.150. The van der Waals surface area contributed by atoms with Crippen molar-refractivity contribution in [2.45, 2.75) is 13.5 Å². The van der Waals surface area contributed by atoms with Crippen molar-refractivity contribution in [1.82, 2.24) is 4.57 Å². The van der Waals surface area contributed by atoms with Crippen LogP contribution in [0.1, 0.15) is 6.92 Å². The van der Waals surface area contributed by atoms with E-state index in [1.807, 2.05) is 13.0 Å². The van der Waals surface area contributed by atoms with Gasteiger partial charge in [-0.3, -0.25) is 9.36 Å². The summed E-state index contributed by atoms with van der Waals surface area (Å²) in [5.41, 5.74) is 1.11. The van der Waals surface area contributed by atoms with Gasteiger partial charge in [-0.05, 0) is 31.2 Å². The number of nitrogens with one attached hydrogen (secondary N) is 2. The maximum Gasteiger partial charge on any atom is 0.420 e. The number of para-hydroxylation sites is 3. The van der Waals surface area contributed by atoms with Crippen LogP contribution in [0.15, 0.2) is 67.0 Å². The number of hydrogen-bond donors (Lipinski definition) is 2. The number of anilines is 2. The van der Waals surface area contributed by atoms with Gasteiger partial charge >= 0.3 is 11.4 Å². The van der Waals surface area contributed by atoms with Crippen molar-refractivity contribution in [3.05, 3.63) is 69.5 Å². The lowest BCUT2D eigenvalue weighted by Crippen LogP contribution is -2.27. The summed E-state index contributed by atoms with van der Waals surface area (Å²) in [7, 11) is 0. The van der Waals surface area contributed by atoms with Crippen molar-refractivity contribution < 1.29 is 13.6 Å². The Balaban J connectivity index is 1.71. The van der Waals surface area contributed by atoms with Gasteiger partial charge in [0.05, 0.1) is 11.2 Å². The van der Waals surface area contributed by atoms with E-state index in [2.05, 4.69) is 10.6 Å². The van der Waals surface area contributed by atoms with Crippen molar-refractivity contribution >= 4 is 39.4 Å². The first-order valence-electron chi connectivity index (χ1n) is 8.76. The van der Waals surface area contributed by atoms with E-state index in [-0.39, 0.29) is 12.2 Å². The summed E-state index contributed by atoms with van der Waals surface area (Å²) in [6.45, 7) is 2.13. The second kappa shape index (κ2) is 7.07. The first-order chi connectivity index (χ1) is 13.6. The minimum Gasteiger partial charge on any atom is -0.421 e. The Morgan fingerprint density at radius 1 is 0.964 bits per heavy atom. The van der Waals surface area contributed by atoms with Crippen LogP contribution in [0.4, 0.5) is 11.4 Å². The number of oxazole rings is 1. The van der Waals surface area contributed by atoms with Gasteiger partial charge in [-0.1, -0.05) is 24.3 Å². The molecule has 28 heavy (non-hydrogen) atoms. The highest BCUT2D eigenvalue weighted by Gasteiger charge is 2.18. The molecule has 142 valence electrons. The lowest BCUT2D eigenvalue weighted by Gasteiger charge is -2.13. The van der Waals surface area contributed by atoms with Crippen molar-refractivity contribution in [2.24, 2.45) is 0 Å². The van der Waals surface area contributed by atoms with Crippen LogP contribution >= 0.6 is 0 Å². The lowest BCUT2D eigenvalue weighted by atomic mass is 10.2. The molecule has 0 atom stereocenters. The lowest BCUT2D eigenvalue weighted by molar-refractivity contribution is -0.116. The highest BCUT2D eigenvalue weighted by atomic mass is 16.4. The molecule has 0 spiro atoms. The molecule has 0 bridgehead atoms. The third-order valence-corrected chi connectivity index (χ3v) is 4.31. The predicted molar refractivity (Wildman–Crippen MR) is 106 cm³/mol. The number of hydrogen-bond acceptors (Lipinski definition) is 6. The van der Waals surface area contributed by atoms with E-state index in [0.29, 0.717) is 34.3 Å². The zero-order chi connectivity index (χ0) is 19.7. The number of benzene rings is 2. The smallest absolute Gasteiger partial charge is 0.420 e. The van der Waals surface area contributed by atoms with E-state index >= 15 is 0 Å². The average Bonchev–Trinajstić information content (AvgIpc) is 3.00. The Morgan fingerprint density at radius 2 is 1.68 bits per heavy atom. The van der Waals surface area contributed by atoms with Crippen LogP contribution in [0.3, 0.4) is 0 Å². The quantitative estimate of drug-likeness (QED) is 0.517. The van der Waals surface area contributed by atoms with E-state index in [1.54, 1.807) is 42.5 Å². The highest BCUT2D eigenvalue weighted by Crippen LogP contribution is 2.28. The molecule has 0 saturated carbocycles. The molecule has 0 aliphatic carbocycles. The van der Waals surface area contributed by atoms with Crippen LogP contribution in [-0.4, -0.2) is 17.0 Å². The van der Waals surface area contributed by atoms with E-state index in [4.69, 9.17) is 8.83 Å². The van der Waals surface area contributed by atoms with Gasteiger partial charge in [-0.25, -0.2) is 9.59 Å². The first-order valence-corrected chi connectivity index (χ1v) is 8.76. The molecule has 0 radical (unpaired) electrons. The van der Waals surface area contributed by atoms with Crippen molar-refractivity contribution in [3.63, 3.8) is 0 Å². The summed E-state index contributed by atoms with van der Waals surface area (Å²) in [5, 5.41) is 6.35. The van der Waals surface area contributed by atoms with Crippen molar-refractivity contribution in [1.29, 1.82) is 0 Å². The Morgan fingerprint density at radius 3 is 2.46 bits per heavy atom. The summed E-state index contributed by atoms with van der Waals surface area (Å²) >= 11 is 0. The number of carbonyl (C=O) groups is 1. The van der Waals surface area contributed by atoms with Crippen molar-refractivity contribution in [2.75, 3.05) is 17.2 Å². The topological polar surface area (TPSA) is 106 Å². The summed E-state index contributed by atoms with van der Waals surface area (Å²) in [5.74, 6) is -1.19. The minimum atomic E-state index is -0.674. The number of aromatic nitrogens is 1. The monoisotopic (exact) mass is 379 g/mol. The molecule has 4 aromatic rings. The minimum absolute atomic E-state index is 0.00593. The van der Waals surface area contributed by atoms with Gasteiger partial charge in [-0.15, -0.1) is 0 Å². The molecular weight excluding hydrogens is 362 g/mol. The molecule has 1 amide bonds. The molecule has 2 heterocycles. The Bertz CT molecular complexity index is 1300. The predicted octanol–water partition coefficient (Wildman–Crippen LogP) is 2.77. The van der Waals surface area contributed by atoms with Gasteiger partial charge in [0.15, 0.2) is 11.3 Å². The summed E-state index contributed by atoms with van der Waals surface area (Å²) in [6.07, 6.45) is 0. The van der Waals surface area contributed by atoms with Crippen LogP contribution in [0.5, 0.6) is 0 Å². The maximum atomic E-state index is 12.6. The van der Waals surface area contributed by atoms with E-state index < -0.39 is 17.3 Å². The van der Waals surface area contributed by atoms with Crippen LogP contribution in [-0.2, 0) is 11.3 Å². The summed E-state index contributed by atoms with van der Waals surface area (Å²) in [6, 6.07) is 13.8. The molecule has 0 fully saturated rings. The molecular formula is C20H17N3O5. The average molecular weight is 379 g/mol. The Kier molecular flexibility index (Phi) is 4.44. The van der Waals surface area contributed by atoms with E-state index in [0.717, 1.165) is 0 Å². The fourth-order valence-electron chi connectivity index (χ4n) is 3.11. The molecule has 2 aromatic heterocycles. The zero-order valence-corrected chi connectivity index (χ0v) is 15.0. The molecule has 2 N–H and O–H groups in total. The van der Waals surface area contributed by atoms with Gasteiger partial charge in [0.2, 0.25) is 5.91 Å².